The number of thiophene rings is 1. The van der Waals surface area contributed by atoms with Gasteiger partial charge in [0, 0.05) is 12.0 Å². The maximum Gasteiger partial charge on any atom is 0.238 e. The fraction of sp³-hybridized carbons (Fsp3) is 0.250. The van der Waals surface area contributed by atoms with Gasteiger partial charge >= 0.3 is 0 Å². The summed E-state index contributed by atoms with van der Waals surface area (Å²) in [6, 6.07) is 7.20. The maximum atomic E-state index is 12.0. The molecule has 0 spiro atoms. The standard InChI is InChI=1S/C12H12O3S/c1-8-3-6-11(16-8)12(13)10-5-4-9(15-10)7-14-2/h3-6H,7H2,1-2H3. The maximum absolute atomic E-state index is 12.0. The van der Waals surface area contributed by atoms with E-state index < -0.39 is 0 Å². The van der Waals surface area contributed by atoms with Gasteiger partial charge in [-0.25, -0.2) is 0 Å². The van der Waals surface area contributed by atoms with Crippen molar-refractivity contribution in [3.05, 3.63) is 45.5 Å². The first-order chi connectivity index (χ1) is 7.70. The predicted octanol–water partition coefficient (Wildman–Crippen LogP) is 3.03. The molecule has 2 heterocycles. The summed E-state index contributed by atoms with van der Waals surface area (Å²) in [5.41, 5.74) is 0. The van der Waals surface area contributed by atoms with Crippen LogP contribution in [0.5, 0.6) is 0 Å². The number of hydrogen-bond donors (Lipinski definition) is 0. The van der Waals surface area contributed by atoms with E-state index in [1.165, 1.54) is 11.3 Å². The first-order valence-electron chi connectivity index (χ1n) is 4.89. The molecule has 0 aliphatic rings. The normalized spacial score (nSPS) is 10.6. The Morgan fingerprint density at radius 2 is 2.19 bits per heavy atom. The predicted molar refractivity (Wildman–Crippen MR) is 61.9 cm³/mol. The second kappa shape index (κ2) is 4.63. The van der Waals surface area contributed by atoms with Crippen LogP contribution in [-0.2, 0) is 11.3 Å². The molecule has 0 fully saturated rings. The molecule has 0 saturated carbocycles. The molecule has 0 aliphatic carbocycles. The van der Waals surface area contributed by atoms with E-state index in [0.29, 0.717) is 23.0 Å². The molecule has 2 aromatic heterocycles. The Morgan fingerprint density at radius 1 is 1.38 bits per heavy atom. The third kappa shape index (κ3) is 2.23. The van der Waals surface area contributed by atoms with Crippen LogP contribution in [0.2, 0.25) is 0 Å². The van der Waals surface area contributed by atoms with Crippen molar-refractivity contribution in [1.29, 1.82) is 0 Å². The van der Waals surface area contributed by atoms with Gasteiger partial charge in [0.05, 0.1) is 4.88 Å². The van der Waals surface area contributed by atoms with Crippen LogP contribution in [0.25, 0.3) is 0 Å². The molecule has 0 bridgehead atoms. The van der Waals surface area contributed by atoms with Crippen molar-refractivity contribution in [3.63, 3.8) is 0 Å². The van der Waals surface area contributed by atoms with Crippen molar-refractivity contribution in [1.82, 2.24) is 0 Å². The average Bonchev–Trinajstić information content (AvgIpc) is 2.87. The summed E-state index contributed by atoms with van der Waals surface area (Å²) in [6.07, 6.45) is 0. The number of methoxy groups -OCH3 is 1. The minimum absolute atomic E-state index is 0.0690. The zero-order valence-electron chi connectivity index (χ0n) is 9.15. The van der Waals surface area contributed by atoms with Gasteiger partial charge < -0.3 is 9.15 Å². The summed E-state index contributed by atoms with van der Waals surface area (Å²) in [4.78, 5) is 13.8. The Labute approximate surface area is 97.7 Å². The number of carbonyl (C=O) groups excluding carboxylic acids is 1. The molecule has 2 aromatic rings. The molecule has 16 heavy (non-hydrogen) atoms. The van der Waals surface area contributed by atoms with Crippen LogP contribution in [0.15, 0.2) is 28.7 Å². The number of hydrogen-bond acceptors (Lipinski definition) is 4. The molecule has 2 rings (SSSR count). The van der Waals surface area contributed by atoms with E-state index >= 15 is 0 Å². The van der Waals surface area contributed by atoms with Crippen LogP contribution < -0.4 is 0 Å². The third-order valence-electron chi connectivity index (χ3n) is 2.14. The van der Waals surface area contributed by atoms with E-state index in [-0.39, 0.29) is 5.78 Å². The zero-order chi connectivity index (χ0) is 11.5. The fourth-order valence-corrected chi connectivity index (χ4v) is 2.21. The second-order valence-electron chi connectivity index (χ2n) is 3.44. The lowest BCUT2D eigenvalue weighted by atomic mass is 10.2. The van der Waals surface area contributed by atoms with Crippen LogP contribution in [0.3, 0.4) is 0 Å². The largest absolute Gasteiger partial charge is 0.455 e. The molecule has 0 atom stereocenters. The van der Waals surface area contributed by atoms with Gasteiger partial charge in [-0.15, -0.1) is 11.3 Å². The quantitative estimate of drug-likeness (QED) is 0.766. The average molecular weight is 236 g/mol. The van der Waals surface area contributed by atoms with Crippen molar-refractivity contribution in [2.75, 3.05) is 7.11 Å². The fourth-order valence-electron chi connectivity index (χ4n) is 1.40. The highest BCUT2D eigenvalue weighted by Gasteiger charge is 2.15. The molecule has 4 heteroatoms. The molecule has 0 unspecified atom stereocenters. The van der Waals surface area contributed by atoms with Crippen molar-refractivity contribution in [2.45, 2.75) is 13.5 Å². The Morgan fingerprint density at radius 3 is 2.81 bits per heavy atom. The van der Waals surface area contributed by atoms with Crippen LogP contribution >= 0.6 is 11.3 Å². The lowest BCUT2D eigenvalue weighted by Crippen LogP contribution is -1.95. The smallest absolute Gasteiger partial charge is 0.238 e. The summed E-state index contributed by atoms with van der Waals surface area (Å²) in [5.74, 6) is 0.966. The number of ketones is 1. The Hall–Kier alpha value is -1.39. The minimum atomic E-state index is -0.0690. The molecular weight excluding hydrogens is 224 g/mol. The molecule has 3 nitrogen and oxygen atoms in total. The summed E-state index contributed by atoms with van der Waals surface area (Å²) < 4.78 is 10.3. The number of ether oxygens (including phenoxy) is 1. The first-order valence-corrected chi connectivity index (χ1v) is 5.71. The SMILES string of the molecule is COCc1ccc(C(=O)c2ccc(C)s2)o1. The highest BCUT2D eigenvalue weighted by Crippen LogP contribution is 2.20. The number of furan rings is 1. The highest BCUT2D eigenvalue weighted by atomic mass is 32.1. The summed E-state index contributed by atoms with van der Waals surface area (Å²) in [7, 11) is 1.59. The van der Waals surface area contributed by atoms with E-state index in [1.807, 2.05) is 19.1 Å². The Balaban J connectivity index is 2.20. The van der Waals surface area contributed by atoms with Gasteiger partial charge in [-0.1, -0.05) is 0 Å². The molecular formula is C12H12O3S. The summed E-state index contributed by atoms with van der Waals surface area (Å²) in [6.45, 7) is 2.36. The van der Waals surface area contributed by atoms with Crippen molar-refractivity contribution >= 4 is 17.1 Å². The number of rotatable bonds is 4. The van der Waals surface area contributed by atoms with Gasteiger partial charge in [0.1, 0.15) is 12.4 Å². The minimum Gasteiger partial charge on any atom is -0.455 e. The number of carbonyl (C=O) groups is 1. The van der Waals surface area contributed by atoms with Gasteiger partial charge in [-0.3, -0.25) is 4.79 Å². The van der Waals surface area contributed by atoms with Gasteiger partial charge in [-0.2, -0.15) is 0 Å². The van der Waals surface area contributed by atoms with E-state index in [0.717, 1.165) is 4.88 Å². The summed E-state index contributed by atoms with van der Waals surface area (Å²) in [5, 5.41) is 0. The van der Waals surface area contributed by atoms with E-state index in [9.17, 15) is 4.79 Å². The van der Waals surface area contributed by atoms with E-state index in [4.69, 9.17) is 9.15 Å². The van der Waals surface area contributed by atoms with Crippen molar-refractivity contribution in [2.24, 2.45) is 0 Å². The lowest BCUT2D eigenvalue weighted by Gasteiger charge is -1.94. The highest BCUT2D eigenvalue weighted by molar-refractivity contribution is 7.14. The molecule has 0 aromatic carbocycles. The monoisotopic (exact) mass is 236 g/mol. The number of aryl methyl sites for hydroxylation is 1. The molecule has 0 radical (unpaired) electrons. The Kier molecular flexibility index (Phi) is 3.22. The topological polar surface area (TPSA) is 39.4 Å². The third-order valence-corrected chi connectivity index (χ3v) is 3.14. The van der Waals surface area contributed by atoms with Gasteiger partial charge in [0.25, 0.3) is 0 Å². The van der Waals surface area contributed by atoms with Crippen LogP contribution in [0.1, 0.15) is 26.1 Å². The zero-order valence-corrected chi connectivity index (χ0v) is 9.97. The second-order valence-corrected chi connectivity index (χ2v) is 4.73. The van der Waals surface area contributed by atoms with Gasteiger partial charge in [-0.05, 0) is 31.2 Å². The molecule has 0 aliphatic heterocycles. The van der Waals surface area contributed by atoms with E-state index in [1.54, 1.807) is 19.2 Å². The van der Waals surface area contributed by atoms with Crippen LogP contribution in [0, 0.1) is 6.92 Å². The van der Waals surface area contributed by atoms with Gasteiger partial charge in [0.15, 0.2) is 5.76 Å². The van der Waals surface area contributed by atoms with Crippen LogP contribution in [-0.4, -0.2) is 12.9 Å². The first kappa shape index (κ1) is 11.1. The lowest BCUT2D eigenvalue weighted by molar-refractivity contribution is 0.100. The molecule has 0 saturated heterocycles. The van der Waals surface area contributed by atoms with Crippen LogP contribution in [0.4, 0.5) is 0 Å². The molecule has 84 valence electrons. The van der Waals surface area contributed by atoms with Crippen molar-refractivity contribution in [3.8, 4) is 0 Å². The summed E-state index contributed by atoms with van der Waals surface area (Å²) >= 11 is 1.47. The van der Waals surface area contributed by atoms with Crippen molar-refractivity contribution < 1.29 is 13.9 Å². The van der Waals surface area contributed by atoms with Gasteiger partial charge in [0.2, 0.25) is 5.78 Å². The Bertz CT molecular complexity index is 496. The van der Waals surface area contributed by atoms with E-state index in [2.05, 4.69) is 0 Å². The molecule has 0 N–H and O–H groups in total. The molecule has 0 amide bonds.